The number of carbonyl (C=O) groups excluding carboxylic acids is 1. The normalized spacial score (nSPS) is 13.7. The van der Waals surface area contributed by atoms with E-state index < -0.39 is 22.9 Å². The highest BCUT2D eigenvalue weighted by molar-refractivity contribution is 5.92. The zero-order chi connectivity index (χ0) is 21.4. The largest absolute Gasteiger partial charge is 0.385 e. The third kappa shape index (κ3) is 4.13. The first kappa shape index (κ1) is 20.5. The summed E-state index contributed by atoms with van der Waals surface area (Å²) in [6, 6.07) is 13.5. The number of halogens is 1. The summed E-state index contributed by atoms with van der Waals surface area (Å²) >= 11 is 0. The average Bonchev–Trinajstić information content (AvgIpc) is 3.00. The molecule has 1 aromatic heterocycles. The van der Waals surface area contributed by atoms with E-state index in [1.807, 2.05) is 32.9 Å². The second kappa shape index (κ2) is 7.30. The predicted octanol–water partition coefficient (Wildman–Crippen LogP) is 4.04. The van der Waals surface area contributed by atoms with Gasteiger partial charge in [0.2, 0.25) is 11.9 Å². The standard InChI is InChI=1S/C22H23FN4O2/c1-21(2,3)27-17-11-14(13-24)10-16(23)19(17)26-20(27)25-18(28)12-22(4,29)15-8-6-5-7-9-15/h5-11,29H,12H2,1-4H3,(H,25,26,28)/t22-/m0/s1. The van der Waals surface area contributed by atoms with Crippen LogP contribution in [0.25, 0.3) is 11.0 Å². The highest BCUT2D eigenvalue weighted by atomic mass is 19.1. The van der Waals surface area contributed by atoms with Crippen molar-refractivity contribution >= 4 is 22.9 Å². The lowest BCUT2D eigenvalue weighted by Gasteiger charge is -2.26. The van der Waals surface area contributed by atoms with Gasteiger partial charge in [-0.2, -0.15) is 5.26 Å². The molecule has 29 heavy (non-hydrogen) atoms. The molecule has 0 radical (unpaired) electrons. The minimum absolute atomic E-state index is 0.0732. The summed E-state index contributed by atoms with van der Waals surface area (Å²) in [6.45, 7) is 7.23. The van der Waals surface area contributed by atoms with Crippen molar-refractivity contribution in [2.75, 3.05) is 5.32 Å². The lowest BCUT2D eigenvalue weighted by atomic mass is 9.92. The maximum absolute atomic E-state index is 14.5. The smallest absolute Gasteiger partial charge is 0.229 e. The van der Waals surface area contributed by atoms with Gasteiger partial charge in [-0.05, 0) is 45.4 Å². The van der Waals surface area contributed by atoms with E-state index >= 15 is 0 Å². The number of nitrogens with one attached hydrogen (secondary N) is 1. The maximum atomic E-state index is 14.5. The Balaban J connectivity index is 1.99. The first-order valence-electron chi connectivity index (χ1n) is 9.23. The van der Waals surface area contributed by atoms with Crippen molar-refractivity contribution < 1.29 is 14.3 Å². The summed E-state index contributed by atoms with van der Waals surface area (Å²) in [7, 11) is 0. The Morgan fingerprint density at radius 2 is 1.90 bits per heavy atom. The average molecular weight is 394 g/mol. The first-order chi connectivity index (χ1) is 13.5. The topological polar surface area (TPSA) is 90.9 Å². The number of nitriles is 1. The molecule has 2 N–H and O–H groups in total. The minimum atomic E-state index is -1.37. The third-order valence-electron chi connectivity index (χ3n) is 4.67. The lowest BCUT2D eigenvalue weighted by molar-refractivity contribution is -0.120. The first-order valence-corrected chi connectivity index (χ1v) is 9.23. The predicted molar refractivity (Wildman–Crippen MR) is 109 cm³/mol. The molecular weight excluding hydrogens is 371 g/mol. The second-order valence-electron chi connectivity index (χ2n) is 8.24. The summed E-state index contributed by atoms with van der Waals surface area (Å²) in [5.74, 6) is -0.926. The van der Waals surface area contributed by atoms with Crippen LogP contribution in [0.4, 0.5) is 10.3 Å². The van der Waals surface area contributed by atoms with E-state index in [1.54, 1.807) is 41.8 Å². The van der Waals surface area contributed by atoms with E-state index in [0.717, 1.165) is 6.07 Å². The van der Waals surface area contributed by atoms with Gasteiger partial charge in [-0.1, -0.05) is 30.3 Å². The van der Waals surface area contributed by atoms with Crippen molar-refractivity contribution in [2.45, 2.75) is 45.3 Å². The van der Waals surface area contributed by atoms with Crippen LogP contribution >= 0.6 is 0 Å². The Kier molecular flexibility index (Phi) is 5.16. The Labute approximate surface area is 168 Å². The molecule has 0 saturated heterocycles. The fourth-order valence-corrected chi connectivity index (χ4v) is 3.34. The number of aromatic nitrogens is 2. The molecule has 3 rings (SSSR count). The highest BCUT2D eigenvalue weighted by Crippen LogP contribution is 2.31. The van der Waals surface area contributed by atoms with Gasteiger partial charge in [-0.3, -0.25) is 10.1 Å². The summed E-state index contributed by atoms with van der Waals surface area (Å²) in [6.07, 6.45) is -0.198. The zero-order valence-electron chi connectivity index (χ0n) is 16.8. The number of rotatable bonds is 4. The molecule has 0 aliphatic heterocycles. The lowest BCUT2D eigenvalue weighted by Crippen LogP contribution is -2.31. The van der Waals surface area contributed by atoms with E-state index in [1.165, 1.54) is 0 Å². The molecule has 0 aliphatic carbocycles. The number of nitrogens with zero attached hydrogens (tertiary/aromatic N) is 3. The number of aliphatic hydroxyl groups is 1. The second-order valence-corrected chi connectivity index (χ2v) is 8.24. The molecule has 150 valence electrons. The zero-order valence-corrected chi connectivity index (χ0v) is 16.8. The summed E-state index contributed by atoms with van der Waals surface area (Å²) in [4.78, 5) is 17.0. The summed E-state index contributed by atoms with van der Waals surface area (Å²) in [5, 5.41) is 22.6. The highest BCUT2D eigenvalue weighted by Gasteiger charge is 2.29. The van der Waals surface area contributed by atoms with Crippen molar-refractivity contribution in [3.8, 4) is 6.07 Å². The summed E-state index contributed by atoms with van der Waals surface area (Å²) < 4.78 is 16.1. The van der Waals surface area contributed by atoms with Crippen LogP contribution in [0.5, 0.6) is 0 Å². The Morgan fingerprint density at radius 3 is 2.48 bits per heavy atom. The van der Waals surface area contributed by atoms with Gasteiger partial charge in [0.25, 0.3) is 0 Å². The van der Waals surface area contributed by atoms with Crippen LogP contribution in [0.2, 0.25) is 0 Å². The number of hydrogen-bond acceptors (Lipinski definition) is 4. The van der Waals surface area contributed by atoms with E-state index in [0.29, 0.717) is 11.1 Å². The van der Waals surface area contributed by atoms with Crippen LogP contribution in [0.3, 0.4) is 0 Å². The van der Waals surface area contributed by atoms with E-state index in [-0.39, 0.29) is 23.4 Å². The SMILES string of the molecule is CC(C)(C)n1c(NC(=O)C[C@](C)(O)c2ccccc2)nc2c(F)cc(C#N)cc21. The van der Waals surface area contributed by atoms with E-state index in [4.69, 9.17) is 5.26 Å². The molecule has 0 bridgehead atoms. The molecule has 0 saturated carbocycles. The number of hydrogen-bond donors (Lipinski definition) is 2. The Morgan fingerprint density at radius 1 is 1.24 bits per heavy atom. The van der Waals surface area contributed by atoms with E-state index in [2.05, 4.69) is 10.3 Å². The minimum Gasteiger partial charge on any atom is -0.385 e. The molecule has 0 aliphatic rings. The molecule has 1 amide bonds. The van der Waals surface area contributed by atoms with Crippen LogP contribution in [0, 0.1) is 17.1 Å². The van der Waals surface area contributed by atoms with Crippen molar-refractivity contribution in [1.82, 2.24) is 9.55 Å². The van der Waals surface area contributed by atoms with Crippen molar-refractivity contribution in [3.63, 3.8) is 0 Å². The molecule has 0 fully saturated rings. The third-order valence-corrected chi connectivity index (χ3v) is 4.67. The number of amides is 1. The maximum Gasteiger partial charge on any atom is 0.229 e. The van der Waals surface area contributed by atoms with Gasteiger partial charge in [-0.25, -0.2) is 9.37 Å². The molecule has 6 nitrogen and oxygen atoms in total. The summed E-state index contributed by atoms with van der Waals surface area (Å²) in [5.41, 5.74) is -0.638. The number of anilines is 1. The fraction of sp³-hybridized carbons (Fsp3) is 0.318. The van der Waals surface area contributed by atoms with Crippen molar-refractivity contribution in [3.05, 3.63) is 59.4 Å². The van der Waals surface area contributed by atoms with Gasteiger partial charge >= 0.3 is 0 Å². The van der Waals surface area contributed by atoms with Gasteiger partial charge in [0, 0.05) is 5.54 Å². The molecule has 1 heterocycles. The fourth-order valence-electron chi connectivity index (χ4n) is 3.34. The van der Waals surface area contributed by atoms with Crippen LogP contribution < -0.4 is 5.32 Å². The molecule has 3 aromatic rings. The van der Waals surface area contributed by atoms with Gasteiger partial charge in [0.1, 0.15) is 5.52 Å². The van der Waals surface area contributed by atoms with E-state index in [9.17, 15) is 14.3 Å². The quantitative estimate of drug-likeness (QED) is 0.699. The van der Waals surface area contributed by atoms with Gasteiger partial charge in [0.05, 0.1) is 29.2 Å². The molecule has 7 heteroatoms. The van der Waals surface area contributed by atoms with Crippen LogP contribution in [-0.2, 0) is 15.9 Å². The van der Waals surface area contributed by atoms with Crippen molar-refractivity contribution in [1.29, 1.82) is 5.26 Å². The number of imidazole rings is 1. The monoisotopic (exact) mass is 394 g/mol. The van der Waals surface area contributed by atoms with Crippen molar-refractivity contribution in [2.24, 2.45) is 0 Å². The molecular formula is C22H23FN4O2. The number of fused-ring (bicyclic) bond motifs is 1. The van der Waals surface area contributed by atoms with Crippen LogP contribution in [0.1, 0.15) is 45.2 Å². The Bertz CT molecular complexity index is 1110. The van der Waals surface area contributed by atoms with Gasteiger partial charge in [0.15, 0.2) is 5.82 Å². The number of carbonyl (C=O) groups is 1. The number of benzene rings is 2. The van der Waals surface area contributed by atoms with Gasteiger partial charge < -0.3 is 9.67 Å². The van der Waals surface area contributed by atoms with Crippen LogP contribution in [-0.4, -0.2) is 20.6 Å². The molecule has 2 aromatic carbocycles. The molecule has 0 spiro atoms. The Hall–Kier alpha value is -3.24. The molecule has 0 unspecified atom stereocenters. The van der Waals surface area contributed by atoms with Crippen LogP contribution in [0.15, 0.2) is 42.5 Å². The van der Waals surface area contributed by atoms with Gasteiger partial charge in [-0.15, -0.1) is 0 Å². The molecule has 1 atom stereocenters.